The molecular weight excluding hydrogens is 467 g/mol. The van der Waals surface area contributed by atoms with Gasteiger partial charge in [-0.1, -0.05) is 18.2 Å². The van der Waals surface area contributed by atoms with E-state index >= 15 is 0 Å². The van der Waals surface area contributed by atoms with E-state index in [1.807, 2.05) is 48.3 Å². The zero-order valence-electron chi connectivity index (χ0n) is 21.4. The first-order valence-corrected chi connectivity index (χ1v) is 13.1. The van der Waals surface area contributed by atoms with Crippen molar-refractivity contribution in [2.45, 2.75) is 50.9 Å². The Morgan fingerprint density at radius 3 is 2.57 bits per heavy atom. The number of halogens is 1. The number of pyridine rings is 1. The van der Waals surface area contributed by atoms with E-state index < -0.39 is 0 Å². The molecule has 0 saturated carbocycles. The maximum Gasteiger partial charge on any atom is 0.255 e. The number of likely N-dealkylation sites (tertiary alicyclic amines) is 2. The van der Waals surface area contributed by atoms with Gasteiger partial charge >= 0.3 is 0 Å². The molecule has 2 fully saturated rings. The van der Waals surface area contributed by atoms with Crippen LogP contribution in [-0.2, 0) is 0 Å². The van der Waals surface area contributed by atoms with Crippen molar-refractivity contribution in [2.75, 3.05) is 20.1 Å². The van der Waals surface area contributed by atoms with Crippen molar-refractivity contribution in [1.82, 2.24) is 20.1 Å². The van der Waals surface area contributed by atoms with Crippen molar-refractivity contribution in [2.24, 2.45) is 0 Å². The van der Waals surface area contributed by atoms with E-state index in [0.29, 0.717) is 23.4 Å². The first kappa shape index (κ1) is 25.2. The van der Waals surface area contributed by atoms with Crippen molar-refractivity contribution < 1.29 is 14.0 Å². The second-order valence-corrected chi connectivity index (χ2v) is 9.93. The Bertz CT molecular complexity index is 1280. The number of hydrogen-bond donors (Lipinski definition) is 1. The average Bonchev–Trinajstić information content (AvgIpc) is 3.62. The fraction of sp³-hybridized carbons (Fsp3) is 0.367. The smallest absolute Gasteiger partial charge is 0.255 e. The summed E-state index contributed by atoms with van der Waals surface area (Å²) in [6, 6.07) is 17.4. The van der Waals surface area contributed by atoms with Gasteiger partial charge in [-0.05, 0) is 93.2 Å². The molecule has 192 valence electrons. The van der Waals surface area contributed by atoms with Crippen LogP contribution in [0.3, 0.4) is 0 Å². The number of nitrogens with one attached hydrogen (secondary N) is 1. The highest BCUT2D eigenvalue weighted by molar-refractivity contribution is 6.08. The Morgan fingerprint density at radius 2 is 1.78 bits per heavy atom. The summed E-state index contributed by atoms with van der Waals surface area (Å²) >= 11 is 0. The van der Waals surface area contributed by atoms with Gasteiger partial charge in [0.1, 0.15) is 11.5 Å². The summed E-state index contributed by atoms with van der Waals surface area (Å²) in [5.74, 6) is -0.541. The Kier molecular flexibility index (Phi) is 7.44. The standard InChI is InChI=1S/C30H33FN4O2/c1-20(32-2)22-7-3-8-23(19-22)30(37)35-18-6-11-27(35)34-17-5-10-26(34)25-9-4-16-33-28(25)29(36)21-12-14-24(31)15-13-21/h3-4,7-9,12-16,19-20,26-27,32H,5-6,10-11,17-18H2,1-2H3. The van der Waals surface area contributed by atoms with E-state index in [0.717, 1.165) is 43.4 Å². The molecule has 6 nitrogen and oxygen atoms in total. The fourth-order valence-electron chi connectivity index (χ4n) is 5.70. The van der Waals surface area contributed by atoms with Gasteiger partial charge in [-0.25, -0.2) is 4.39 Å². The van der Waals surface area contributed by atoms with Crippen molar-refractivity contribution >= 4 is 11.7 Å². The normalized spacial score (nSPS) is 20.8. The average molecular weight is 501 g/mol. The van der Waals surface area contributed by atoms with Crippen LogP contribution in [0.2, 0.25) is 0 Å². The SMILES string of the molecule is CNC(C)c1cccc(C(=O)N2CCCC2N2CCCC2c2cccnc2C(=O)c2ccc(F)cc2)c1. The minimum Gasteiger partial charge on any atom is -0.323 e. The zero-order chi connectivity index (χ0) is 25.9. The molecule has 37 heavy (non-hydrogen) atoms. The number of ketones is 1. The lowest BCUT2D eigenvalue weighted by atomic mass is 9.97. The first-order valence-electron chi connectivity index (χ1n) is 13.1. The number of carbonyl (C=O) groups is 2. The molecule has 3 unspecified atom stereocenters. The number of carbonyl (C=O) groups excluding carboxylic acids is 2. The van der Waals surface area contributed by atoms with Crippen LogP contribution in [0, 0.1) is 5.82 Å². The van der Waals surface area contributed by atoms with Gasteiger partial charge in [0.15, 0.2) is 0 Å². The molecule has 0 aliphatic carbocycles. The molecule has 7 heteroatoms. The molecule has 1 aromatic heterocycles. The largest absolute Gasteiger partial charge is 0.323 e. The van der Waals surface area contributed by atoms with Gasteiger partial charge in [0, 0.05) is 42.5 Å². The molecule has 2 aliphatic rings. The van der Waals surface area contributed by atoms with Crippen LogP contribution in [0.25, 0.3) is 0 Å². The monoisotopic (exact) mass is 500 g/mol. The zero-order valence-corrected chi connectivity index (χ0v) is 21.4. The topological polar surface area (TPSA) is 65.5 Å². The molecule has 2 aliphatic heterocycles. The summed E-state index contributed by atoms with van der Waals surface area (Å²) in [6.07, 6.45) is 5.32. The fourth-order valence-corrected chi connectivity index (χ4v) is 5.70. The van der Waals surface area contributed by atoms with Gasteiger partial charge in [-0.2, -0.15) is 0 Å². The van der Waals surface area contributed by atoms with Crippen LogP contribution < -0.4 is 5.32 Å². The maximum absolute atomic E-state index is 13.7. The predicted octanol–water partition coefficient (Wildman–Crippen LogP) is 5.13. The van der Waals surface area contributed by atoms with E-state index in [-0.39, 0.29) is 35.8 Å². The highest BCUT2D eigenvalue weighted by atomic mass is 19.1. The van der Waals surface area contributed by atoms with Gasteiger partial charge in [-0.15, -0.1) is 0 Å². The quantitative estimate of drug-likeness (QED) is 0.456. The number of benzene rings is 2. The number of hydrogen-bond acceptors (Lipinski definition) is 5. The lowest BCUT2D eigenvalue weighted by Gasteiger charge is -2.37. The second-order valence-electron chi connectivity index (χ2n) is 9.93. The third kappa shape index (κ3) is 5.06. The highest BCUT2D eigenvalue weighted by Crippen LogP contribution is 2.39. The number of amides is 1. The maximum atomic E-state index is 13.7. The van der Waals surface area contributed by atoms with E-state index in [4.69, 9.17) is 0 Å². The molecule has 3 aromatic rings. The van der Waals surface area contributed by atoms with E-state index in [9.17, 15) is 14.0 Å². The van der Waals surface area contributed by atoms with Gasteiger partial charge in [0.2, 0.25) is 5.78 Å². The van der Waals surface area contributed by atoms with Crippen LogP contribution in [0.15, 0.2) is 66.9 Å². The van der Waals surface area contributed by atoms with Gasteiger partial charge < -0.3 is 10.2 Å². The lowest BCUT2D eigenvalue weighted by Crippen LogP contribution is -2.47. The van der Waals surface area contributed by atoms with Crippen LogP contribution in [0.4, 0.5) is 4.39 Å². The summed E-state index contributed by atoms with van der Waals surface area (Å²) in [6.45, 7) is 3.65. The van der Waals surface area contributed by atoms with Crippen LogP contribution in [-0.4, -0.2) is 52.8 Å². The summed E-state index contributed by atoms with van der Waals surface area (Å²) in [4.78, 5) is 35.9. The molecule has 1 N–H and O–H groups in total. The molecule has 0 spiro atoms. The van der Waals surface area contributed by atoms with Crippen LogP contribution >= 0.6 is 0 Å². The highest BCUT2D eigenvalue weighted by Gasteiger charge is 2.40. The van der Waals surface area contributed by atoms with Gasteiger partial charge in [0.25, 0.3) is 5.91 Å². The van der Waals surface area contributed by atoms with E-state index in [1.165, 1.54) is 24.3 Å². The molecule has 3 heterocycles. The summed E-state index contributed by atoms with van der Waals surface area (Å²) in [5.41, 5.74) is 3.48. The molecule has 1 amide bonds. The molecule has 3 atom stereocenters. The Labute approximate surface area is 217 Å². The van der Waals surface area contributed by atoms with Crippen LogP contribution in [0.1, 0.15) is 82.2 Å². The van der Waals surface area contributed by atoms with Crippen molar-refractivity contribution in [3.05, 3.63) is 101 Å². The van der Waals surface area contributed by atoms with Gasteiger partial charge in [-0.3, -0.25) is 19.5 Å². The second kappa shape index (κ2) is 10.9. The van der Waals surface area contributed by atoms with Crippen molar-refractivity contribution in [3.63, 3.8) is 0 Å². The molecule has 0 bridgehead atoms. The van der Waals surface area contributed by atoms with Crippen molar-refractivity contribution in [3.8, 4) is 0 Å². The molecule has 2 saturated heterocycles. The third-order valence-electron chi connectivity index (χ3n) is 7.74. The Balaban J connectivity index is 1.42. The minimum atomic E-state index is -0.378. The number of rotatable bonds is 7. The third-order valence-corrected chi connectivity index (χ3v) is 7.74. The molecule has 0 radical (unpaired) electrons. The van der Waals surface area contributed by atoms with Crippen molar-refractivity contribution in [1.29, 1.82) is 0 Å². The minimum absolute atomic E-state index is 0.0119. The molecular formula is C30H33FN4O2. The Morgan fingerprint density at radius 1 is 1.00 bits per heavy atom. The summed E-state index contributed by atoms with van der Waals surface area (Å²) < 4.78 is 13.4. The molecule has 5 rings (SSSR count). The first-order chi connectivity index (χ1) is 18.0. The lowest BCUT2D eigenvalue weighted by molar-refractivity contribution is 0.0421. The summed E-state index contributed by atoms with van der Waals surface area (Å²) in [7, 11) is 1.91. The van der Waals surface area contributed by atoms with Crippen LogP contribution in [0.5, 0.6) is 0 Å². The van der Waals surface area contributed by atoms with E-state index in [2.05, 4.69) is 22.1 Å². The Hall–Kier alpha value is -3.42. The predicted molar refractivity (Wildman–Crippen MR) is 141 cm³/mol. The van der Waals surface area contributed by atoms with Gasteiger partial charge in [0.05, 0.1) is 6.17 Å². The number of aromatic nitrogens is 1. The number of nitrogens with zero attached hydrogens (tertiary/aromatic N) is 3. The summed E-state index contributed by atoms with van der Waals surface area (Å²) in [5, 5.41) is 3.24. The molecule has 2 aromatic carbocycles. The van der Waals surface area contributed by atoms with E-state index in [1.54, 1.807) is 6.20 Å².